The molecular weight excluding hydrogens is 258 g/mol. The van der Waals surface area contributed by atoms with Crippen LogP contribution in [0.1, 0.15) is 11.3 Å². The van der Waals surface area contributed by atoms with Gasteiger partial charge in [-0.15, -0.1) is 0 Å². The molecule has 0 amide bonds. The van der Waals surface area contributed by atoms with E-state index in [0.29, 0.717) is 22.8 Å². The second-order valence-corrected chi connectivity index (χ2v) is 4.36. The summed E-state index contributed by atoms with van der Waals surface area (Å²) in [5.74, 6) is 0.377. The standard InChI is InChI=1S/C13H13N5O2/c1-9-12(18(19)20)13(17(3)15-9)16(2)11-6-4-5-10(7-11)8-14/h4-7H,1-3H3. The van der Waals surface area contributed by atoms with Crippen LogP contribution < -0.4 is 4.90 Å². The first-order chi connectivity index (χ1) is 9.45. The van der Waals surface area contributed by atoms with E-state index in [0.717, 1.165) is 0 Å². The Morgan fingerprint density at radius 3 is 2.80 bits per heavy atom. The van der Waals surface area contributed by atoms with Crippen LogP contribution in [-0.2, 0) is 7.05 Å². The Balaban J connectivity index is 2.56. The smallest absolute Gasteiger partial charge is 0.324 e. The number of aromatic nitrogens is 2. The van der Waals surface area contributed by atoms with Crippen LogP contribution in [-0.4, -0.2) is 21.8 Å². The maximum atomic E-state index is 11.2. The fraction of sp³-hybridized carbons (Fsp3) is 0.231. The minimum atomic E-state index is -0.442. The zero-order valence-electron chi connectivity index (χ0n) is 11.4. The van der Waals surface area contributed by atoms with Crippen LogP contribution in [0.2, 0.25) is 0 Å². The Bertz CT molecular complexity index is 714. The molecule has 0 N–H and O–H groups in total. The van der Waals surface area contributed by atoms with E-state index >= 15 is 0 Å². The van der Waals surface area contributed by atoms with Crippen LogP contribution >= 0.6 is 0 Å². The molecule has 0 unspecified atom stereocenters. The fourth-order valence-corrected chi connectivity index (χ4v) is 2.13. The highest BCUT2D eigenvalue weighted by Gasteiger charge is 2.27. The first-order valence-electron chi connectivity index (χ1n) is 5.87. The van der Waals surface area contributed by atoms with Gasteiger partial charge in [-0.05, 0) is 25.1 Å². The van der Waals surface area contributed by atoms with Crippen LogP contribution in [0, 0.1) is 28.4 Å². The van der Waals surface area contributed by atoms with E-state index in [4.69, 9.17) is 5.26 Å². The molecule has 0 spiro atoms. The molecular formula is C13H13N5O2. The largest absolute Gasteiger partial charge is 0.334 e. The van der Waals surface area contributed by atoms with Crippen molar-refractivity contribution in [1.29, 1.82) is 5.26 Å². The van der Waals surface area contributed by atoms with Crippen molar-refractivity contribution in [3.05, 3.63) is 45.6 Å². The third-order valence-electron chi connectivity index (χ3n) is 3.02. The summed E-state index contributed by atoms with van der Waals surface area (Å²) in [4.78, 5) is 12.4. The summed E-state index contributed by atoms with van der Waals surface area (Å²) in [6, 6.07) is 8.92. The Morgan fingerprint density at radius 1 is 1.50 bits per heavy atom. The summed E-state index contributed by atoms with van der Waals surface area (Å²) in [5.41, 5.74) is 1.51. The summed E-state index contributed by atoms with van der Waals surface area (Å²) in [6.45, 7) is 1.60. The van der Waals surface area contributed by atoms with Gasteiger partial charge in [0, 0.05) is 19.8 Å². The first-order valence-corrected chi connectivity index (χ1v) is 5.87. The molecule has 1 aromatic heterocycles. The van der Waals surface area contributed by atoms with Crippen LogP contribution in [0.5, 0.6) is 0 Å². The van der Waals surface area contributed by atoms with Crippen molar-refractivity contribution in [3.63, 3.8) is 0 Å². The summed E-state index contributed by atoms with van der Waals surface area (Å²) in [6.07, 6.45) is 0. The first kappa shape index (κ1) is 13.5. The molecule has 1 aromatic carbocycles. The van der Waals surface area contributed by atoms with Gasteiger partial charge in [-0.25, -0.2) is 4.68 Å². The van der Waals surface area contributed by atoms with Gasteiger partial charge in [-0.3, -0.25) is 10.1 Å². The second kappa shape index (κ2) is 5.01. The van der Waals surface area contributed by atoms with E-state index in [9.17, 15) is 10.1 Å². The number of hydrogen-bond donors (Lipinski definition) is 0. The van der Waals surface area contributed by atoms with Crippen molar-refractivity contribution < 1.29 is 4.92 Å². The van der Waals surface area contributed by atoms with Crippen molar-refractivity contribution in [2.24, 2.45) is 7.05 Å². The van der Waals surface area contributed by atoms with Gasteiger partial charge in [-0.1, -0.05) is 6.07 Å². The van der Waals surface area contributed by atoms with E-state index in [1.807, 2.05) is 6.07 Å². The molecule has 0 aliphatic carbocycles. The van der Waals surface area contributed by atoms with Crippen molar-refractivity contribution in [2.75, 3.05) is 11.9 Å². The predicted molar refractivity (Wildman–Crippen MR) is 73.8 cm³/mol. The lowest BCUT2D eigenvalue weighted by Crippen LogP contribution is -2.15. The number of anilines is 2. The van der Waals surface area contributed by atoms with Crippen molar-refractivity contribution in [2.45, 2.75) is 6.92 Å². The normalized spacial score (nSPS) is 10.1. The quantitative estimate of drug-likeness (QED) is 0.631. The maximum absolute atomic E-state index is 11.2. The van der Waals surface area contributed by atoms with E-state index in [1.165, 1.54) is 4.68 Å². The number of nitriles is 1. The van der Waals surface area contributed by atoms with Gasteiger partial charge in [0.05, 0.1) is 16.6 Å². The Labute approximate surface area is 115 Å². The molecule has 0 radical (unpaired) electrons. The summed E-state index contributed by atoms with van der Waals surface area (Å²) in [7, 11) is 3.36. The Morgan fingerprint density at radius 2 is 2.20 bits per heavy atom. The third kappa shape index (κ3) is 2.19. The topological polar surface area (TPSA) is 88.0 Å². The molecule has 20 heavy (non-hydrogen) atoms. The van der Waals surface area contributed by atoms with Crippen LogP contribution in [0.25, 0.3) is 0 Å². The van der Waals surface area contributed by atoms with Gasteiger partial charge >= 0.3 is 5.69 Å². The minimum Gasteiger partial charge on any atom is -0.324 e. The van der Waals surface area contributed by atoms with Crippen molar-refractivity contribution in [3.8, 4) is 6.07 Å². The number of aryl methyl sites for hydroxylation is 2. The molecule has 7 heteroatoms. The maximum Gasteiger partial charge on any atom is 0.334 e. The number of rotatable bonds is 3. The van der Waals surface area contributed by atoms with E-state index in [-0.39, 0.29) is 5.69 Å². The highest BCUT2D eigenvalue weighted by atomic mass is 16.6. The SMILES string of the molecule is Cc1nn(C)c(N(C)c2cccc(C#N)c2)c1[N+](=O)[O-]. The molecule has 2 aromatic rings. The molecule has 7 nitrogen and oxygen atoms in total. The van der Waals surface area contributed by atoms with Gasteiger partial charge in [0.25, 0.3) is 0 Å². The summed E-state index contributed by atoms with van der Waals surface area (Å²) < 4.78 is 1.46. The van der Waals surface area contributed by atoms with Crippen LogP contribution in [0.15, 0.2) is 24.3 Å². The molecule has 0 saturated heterocycles. The number of benzene rings is 1. The lowest BCUT2D eigenvalue weighted by molar-refractivity contribution is -0.384. The monoisotopic (exact) mass is 271 g/mol. The number of nitro groups is 1. The van der Waals surface area contributed by atoms with Gasteiger partial charge in [0.1, 0.15) is 5.69 Å². The van der Waals surface area contributed by atoms with E-state index < -0.39 is 4.92 Å². The Hall–Kier alpha value is -2.88. The molecule has 102 valence electrons. The molecule has 2 rings (SSSR count). The van der Waals surface area contributed by atoms with Crippen LogP contribution in [0.3, 0.4) is 0 Å². The van der Waals surface area contributed by atoms with E-state index in [1.54, 1.807) is 50.2 Å². The highest BCUT2D eigenvalue weighted by molar-refractivity contribution is 5.70. The van der Waals surface area contributed by atoms with Crippen molar-refractivity contribution >= 4 is 17.2 Å². The fourth-order valence-electron chi connectivity index (χ4n) is 2.13. The van der Waals surface area contributed by atoms with Crippen molar-refractivity contribution in [1.82, 2.24) is 9.78 Å². The predicted octanol–water partition coefficient (Wildman–Crippen LogP) is 2.28. The van der Waals surface area contributed by atoms with E-state index in [2.05, 4.69) is 5.10 Å². The molecule has 0 atom stereocenters. The molecule has 0 saturated carbocycles. The zero-order valence-corrected chi connectivity index (χ0v) is 11.4. The average molecular weight is 271 g/mol. The lowest BCUT2D eigenvalue weighted by Gasteiger charge is -2.18. The van der Waals surface area contributed by atoms with Gasteiger partial charge in [-0.2, -0.15) is 10.4 Å². The summed E-state index contributed by atoms with van der Waals surface area (Å²) in [5, 5.41) is 24.2. The van der Waals surface area contributed by atoms with Gasteiger partial charge < -0.3 is 4.90 Å². The van der Waals surface area contributed by atoms with Crippen LogP contribution in [0.4, 0.5) is 17.2 Å². The van der Waals surface area contributed by atoms with Gasteiger partial charge in [0.15, 0.2) is 0 Å². The second-order valence-electron chi connectivity index (χ2n) is 4.36. The molecule has 1 heterocycles. The molecule has 0 aliphatic heterocycles. The minimum absolute atomic E-state index is 0.0302. The number of nitrogens with zero attached hydrogens (tertiary/aromatic N) is 5. The highest BCUT2D eigenvalue weighted by Crippen LogP contribution is 2.34. The lowest BCUT2D eigenvalue weighted by atomic mass is 10.2. The van der Waals surface area contributed by atoms with Gasteiger partial charge in [0.2, 0.25) is 5.82 Å². The summed E-state index contributed by atoms with van der Waals surface area (Å²) >= 11 is 0. The molecule has 0 bridgehead atoms. The average Bonchev–Trinajstić information content (AvgIpc) is 2.72. The molecule has 0 fully saturated rings. The Kier molecular flexibility index (Phi) is 3.39. The zero-order chi connectivity index (χ0) is 14.9. The number of hydrogen-bond acceptors (Lipinski definition) is 5. The molecule has 0 aliphatic rings. The third-order valence-corrected chi connectivity index (χ3v) is 3.02.